The summed E-state index contributed by atoms with van der Waals surface area (Å²) in [7, 11) is -0.193. The Morgan fingerprint density at radius 2 is 1.81 bits per heavy atom. The Morgan fingerprint density at radius 1 is 1.23 bits per heavy atom. The van der Waals surface area contributed by atoms with Crippen LogP contribution in [0, 0.1) is 0 Å². The van der Waals surface area contributed by atoms with Gasteiger partial charge in [-0.3, -0.25) is 4.79 Å². The predicted octanol–water partition coefficient (Wildman–Crippen LogP) is 5.64. The number of carbonyl (C=O) groups is 1. The molecule has 3 nitrogen and oxygen atoms in total. The fraction of sp³-hybridized carbons (Fsp3) is 0.500. The van der Waals surface area contributed by atoms with Crippen LogP contribution in [0.1, 0.15) is 45.6 Å². The van der Waals surface area contributed by atoms with E-state index in [2.05, 4.69) is 52.6 Å². The number of allylic oxidation sites excluding steroid dienone is 1. The summed E-state index contributed by atoms with van der Waals surface area (Å²) in [5.41, 5.74) is 1.32. The van der Waals surface area contributed by atoms with Gasteiger partial charge in [-0.2, -0.15) is 0 Å². The van der Waals surface area contributed by atoms with E-state index >= 15 is 0 Å². The zero-order valence-electron chi connectivity index (χ0n) is 17.2. The molecule has 0 saturated heterocycles. The fourth-order valence-electron chi connectivity index (χ4n) is 3.16. The lowest BCUT2D eigenvalue weighted by molar-refractivity contribution is -0.117. The molecule has 4 heteroatoms. The molecule has 0 spiro atoms. The second-order valence-corrected chi connectivity index (χ2v) is 13.5. The quantitative estimate of drug-likeness (QED) is 0.495. The molecule has 0 heterocycles. The van der Waals surface area contributed by atoms with E-state index < -0.39 is 13.9 Å². The largest absolute Gasteiger partial charge is 0.544 e. The molecule has 2 unspecified atom stereocenters. The highest BCUT2D eigenvalue weighted by molar-refractivity contribution is 6.74. The number of benzene rings is 1. The van der Waals surface area contributed by atoms with Crippen LogP contribution in [0.5, 0.6) is 5.75 Å². The number of ketones is 1. The third kappa shape index (κ3) is 3.86. The first-order chi connectivity index (χ1) is 11.9. The maximum absolute atomic E-state index is 12.0. The standard InChI is InChI=1S/C22H32O3Si/c1-16(2)22(24-6)14-13-18(23)15-20(22)17-9-11-19(12-10-17)25-26(7,8)21(3,4)5/h9-14,20H,1,15H2,2-8H3. The molecular formula is C22H32O3Si. The smallest absolute Gasteiger partial charge is 0.250 e. The number of methoxy groups -OCH3 is 1. The van der Waals surface area contributed by atoms with Crippen molar-refractivity contribution < 1.29 is 14.0 Å². The summed E-state index contributed by atoms with van der Waals surface area (Å²) in [4.78, 5) is 12.0. The van der Waals surface area contributed by atoms with Gasteiger partial charge in [-0.05, 0) is 60.5 Å². The third-order valence-electron chi connectivity index (χ3n) is 5.91. The first-order valence-electron chi connectivity index (χ1n) is 9.15. The van der Waals surface area contributed by atoms with Gasteiger partial charge in [-0.15, -0.1) is 0 Å². The summed E-state index contributed by atoms with van der Waals surface area (Å²) >= 11 is 0. The van der Waals surface area contributed by atoms with E-state index in [-0.39, 0.29) is 16.7 Å². The normalized spacial score (nSPS) is 23.8. The van der Waals surface area contributed by atoms with Crippen molar-refractivity contribution in [1.82, 2.24) is 0 Å². The van der Waals surface area contributed by atoms with Crippen molar-refractivity contribution in [2.24, 2.45) is 0 Å². The molecule has 1 aromatic carbocycles. The van der Waals surface area contributed by atoms with Gasteiger partial charge in [0.1, 0.15) is 11.4 Å². The molecule has 0 fully saturated rings. The molecule has 0 saturated carbocycles. The highest BCUT2D eigenvalue weighted by atomic mass is 28.4. The Bertz CT molecular complexity index is 710. The lowest BCUT2D eigenvalue weighted by atomic mass is 9.72. The molecule has 0 aromatic heterocycles. The van der Waals surface area contributed by atoms with Crippen LogP contribution in [0.4, 0.5) is 0 Å². The van der Waals surface area contributed by atoms with Crippen molar-refractivity contribution in [2.75, 3.05) is 7.11 Å². The molecule has 1 aliphatic rings. The highest BCUT2D eigenvalue weighted by Crippen LogP contribution is 2.43. The SMILES string of the molecule is C=C(C)C1(OC)C=CC(=O)CC1c1ccc(O[Si](C)(C)C(C)(C)C)cc1. The average Bonchev–Trinajstić information content (AvgIpc) is 2.54. The van der Waals surface area contributed by atoms with E-state index in [1.807, 2.05) is 25.1 Å². The van der Waals surface area contributed by atoms with Crippen LogP contribution in [0.25, 0.3) is 0 Å². The fourth-order valence-corrected chi connectivity index (χ4v) is 4.19. The Labute approximate surface area is 159 Å². The first-order valence-corrected chi connectivity index (χ1v) is 12.1. The third-order valence-corrected chi connectivity index (χ3v) is 10.3. The summed E-state index contributed by atoms with van der Waals surface area (Å²) in [5.74, 6) is 0.923. The van der Waals surface area contributed by atoms with Gasteiger partial charge in [0.15, 0.2) is 5.78 Å². The van der Waals surface area contributed by atoms with Crippen molar-refractivity contribution in [3.05, 3.63) is 54.1 Å². The van der Waals surface area contributed by atoms with Gasteiger partial charge in [-0.1, -0.05) is 39.5 Å². The zero-order chi connectivity index (χ0) is 19.8. The van der Waals surface area contributed by atoms with Crippen LogP contribution in [0.2, 0.25) is 18.1 Å². The van der Waals surface area contributed by atoms with Crippen molar-refractivity contribution in [2.45, 2.75) is 63.8 Å². The summed E-state index contributed by atoms with van der Waals surface area (Å²) in [6, 6.07) is 8.13. The lowest BCUT2D eigenvalue weighted by Crippen LogP contribution is -2.43. The lowest BCUT2D eigenvalue weighted by Gasteiger charge is -2.40. The molecule has 2 atom stereocenters. The van der Waals surface area contributed by atoms with Gasteiger partial charge >= 0.3 is 0 Å². The zero-order valence-corrected chi connectivity index (χ0v) is 18.2. The van der Waals surface area contributed by atoms with Gasteiger partial charge in [0.2, 0.25) is 8.32 Å². The summed E-state index contributed by atoms with van der Waals surface area (Å²) < 4.78 is 12.2. The Hall–Kier alpha value is -1.65. The number of hydrogen-bond donors (Lipinski definition) is 0. The number of carbonyl (C=O) groups excluding carboxylic acids is 1. The maximum atomic E-state index is 12.0. The Kier molecular flexibility index (Phi) is 5.69. The minimum Gasteiger partial charge on any atom is -0.544 e. The first kappa shape index (κ1) is 20.7. The van der Waals surface area contributed by atoms with E-state index in [1.54, 1.807) is 13.2 Å². The predicted molar refractivity (Wildman–Crippen MR) is 110 cm³/mol. The van der Waals surface area contributed by atoms with Crippen LogP contribution in [0.3, 0.4) is 0 Å². The molecule has 1 aromatic rings. The summed E-state index contributed by atoms with van der Waals surface area (Å²) in [5, 5.41) is 0.150. The van der Waals surface area contributed by atoms with Gasteiger partial charge in [0.25, 0.3) is 0 Å². The number of ether oxygens (including phenoxy) is 1. The van der Waals surface area contributed by atoms with E-state index in [0.717, 1.165) is 16.9 Å². The Morgan fingerprint density at radius 3 is 2.27 bits per heavy atom. The average molecular weight is 373 g/mol. The number of hydrogen-bond acceptors (Lipinski definition) is 3. The van der Waals surface area contributed by atoms with E-state index in [0.29, 0.717) is 6.42 Å². The minimum absolute atomic E-state index is 0.0792. The Balaban J connectivity index is 2.33. The second-order valence-electron chi connectivity index (χ2n) is 8.77. The van der Waals surface area contributed by atoms with E-state index in [4.69, 9.17) is 9.16 Å². The van der Waals surface area contributed by atoms with Gasteiger partial charge in [0, 0.05) is 19.4 Å². The second kappa shape index (κ2) is 7.16. The minimum atomic E-state index is -1.87. The van der Waals surface area contributed by atoms with Gasteiger partial charge < -0.3 is 9.16 Å². The van der Waals surface area contributed by atoms with Crippen molar-refractivity contribution in [1.29, 1.82) is 0 Å². The van der Waals surface area contributed by atoms with Crippen LogP contribution >= 0.6 is 0 Å². The van der Waals surface area contributed by atoms with Crippen molar-refractivity contribution in [3.63, 3.8) is 0 Å². The summed E-state index contributed by atoms with van der Waals surface area (Å²) in [6.45, 7) is 17.2. The van der Waals surface area contributed by atoms with E-state index in [1.165, 1.54) is 0 Å². The summed E-state index contributed by atoms with van der Waals surface area (Å²) in [6.07, 6.45) is 3.88. The van der Waals surface area contributed by atoms with Crippen molar-refractivity contribution in [3.8, 4) is 5.75 Å². The molecule has 0 bridgehead atoms. The molecule has 1 aliphatic carbocycles. The monoisotopic (exact) mass is 372 g/mol. The van der Waals surface area contributed by atoms with Crippen molar-refractivity contribution >= 4 is 14.1 Å². The van der Waals surface area contributed by atoms with E-state index in [9.17, 15) is 4.79 Å². The van der Waals surface area contributed by atoms with Crippen LogP contribution < -0.4 is 4.43 Å². The molecular weight excluding hydrogens is 340 g/mol. The van der Waals surface area contributed by atoms with Gasteiger partial charge in [0.05, 0.1) is 0 Å². The highest BCUT2D eigenvalue weighted by Gasteiger charge is 2.42. The molecule has 2 rings (SSSR count). The van der Waals surface area contributed by atoms with Crippen LogP contribution in [0.15, 0.2) is 48.6 Å². The topological polar surface area (TPSA) is 35.5 Å². The van der Waals surface area contributed by atoms with Crippen LogP contribution in [-0.2, 0) is 9.53 Å². The molecule has 0 radical (unpaired) electrons. The molecule has 26 heavy (non-hydrogen) atoms. The molecule has 0 aliphatic heterocycles. The maximum Gasteiger partial charge on any atom is 0.250 e. The molecule has 142 valence electrons. The van der Waals surface area contributed by atoms with Gasteiger partial charge in [-0.25, -0.2) is 0 Å². The molecule has 0 N–H and O–H groups in total. The molecule has 0 amide bonds. The number of rotatable bonds is 5. The van der Waals surface area contributed by atoms with Crippen LogP contribution in [-0.4, -0.2) is 26.8 Å².